The van der Waals surface area contributed by atoms with E-state index in [1.807, 2.05) is 26.0 Å². The number of aryl methyl sites for hydroxylation is 2. The number of rotatable bonds is 5. The first kappa shape index (κ1) is 13.6. The van der Waals surface area contributed by atoms with Crippen LogP contribution in [0, 0.1) is 13.8 Å². The first-order valence-electron chi connectivity index (χ1n) is 6.39. The van der Waals surface area contributed by atoms with Gasteiger partial charge in [-0.15, -0.1) is 0 Å². The molecule has 2 rings (SSSR count). The Morgan fingerprint density at radius 3 is 2.63 bits per heavy atom. The van der Waals surface area contributed by atoms with Gasteiger partial charge in [-0.3, -0.25) is 4.79 Å². The Morgan fingerprint density at radius 1 is 1.53 bits per heavy atom. The van der Waals surface area contributed by atoms with Crippen LogP contribution in [0.5, 0.6) is 5.75 Å². The molecule has 1 aromatic rings. The Kier molecular flexibility index (Phi) is 4.22. The highest BCUT2D eigenvalue weighted by Crippen LogP contribution is 2.28. The minimum atomic E-state index is -0.168. The van der Waals surface area contributed by atoms with Crippen molar-refractivity contribution in [3.63, 3.8) is 0 Å². The summed E-state index contributed by atoms with van der Waals surface area (Å²) in [6.45, 7) is 8.69. The van der Waals surface area contributed by atoms with Crippen molar-refractivity contribution in [3.8, 4) is 5.75 Å². The molecule has 1 atom stereocenters. The minimum absolute atomic E-state index is 0.108. The fourth-order valence-electron chi connectivity index (χ4n) is 2.03. The molecule has 0 bridgehead atoms. The second-order valence-electron chi connectivity index (χ2n) is 4.69. The third kappa shape index (κ3) is 3.35. The molecule has 0 aromatic heterocycles. The van der Waals surface area contributed by atoms with E-state index in [0.29, 0.717) is 6.54 Å². The summed E-state index contributed by atoms with van der Waals surface area (Å²) in [5, 5.41) is 2.76. The van der Waals surface area contributed by atoms with E-state index in [4.69, 9.17) is 9.47 Å². The highest BCUT2D eigenvalue weighted by atomic mass is 16.7. The van der Waals surface area contributed by atoms with Crippen molar-refractivity contribution < 1.29 is 14.3 Å². The van der Waals surface area contributed by atoms with Gasteiger partial charge in [-0.05, 0) is 36.6 Å². The normalized spacial score (nSPS) is 17.5. The maximum Gasteiger partial charge on any atom is 0.243 e. The number of hydrogen-bond donors (Lipinski definition) is 1. The zero-order valence-corrected chi connectivity index (χ0v) is 11.4. The molecule has 0 spiro atoms. The van der Waals surface area contributed by atoms with Crippen molar-refractivity contribution in [1.29, 1.82) is 0 Å². The number of amides is 1. The van der Waals surface area contributed by atoms with E-state index < -0.39 is 0 Å². The van der Waals surface area contributed by atoms with Gasteiger partial charge < -0.3 is 14.8 Å². The van der Waals surface area contributed by atoms with Gasteiger partial charge in [-0.2, -0.15) is 0 Å². The SMILES string of the molecule is C=CC(=O)NCc1cc(C)c(OC2CCO2)c(C)c1. The molecule has 1 fully saturated rings. The summed E-state index contributed by atoms with van der Waals surface area (Å²) < 4.78 is 11.1. The summed E-state index contributed by atoms with van der Waals surface area (Å²) in [4.78, 5) is 11.1. The first-order chi connectivity index (χ1) is 9.10. The zero-order chi connectivity index (χ0) is 13.8. The van der Waals surface area contributed by atoms with Crippen LogP contribution in [0.25, 0.3) is 0 Å². The van der Waals surface area contributed by atoms with Crippen molar-refractivity contribution in [3.05, 3.63) is 41.5 Å². The van der Waals surface area contributed by atoms with E-state index in [2.05, 4.69) is 11.9 Å². The van der Waals surface area contributed by atoms with Gasteiger partial charge in [0.15, 0.2) is 0 Å². The Balaban J connectivity index is 2.06. The summed E-state index contributed by atoms with van der Waals surface area (Å²) in [6.07, 6.45) is 2.10. The Bertz CT molecular complexity index is 469. The topological polar surface area (TPSA) is 47.6 Å². The van der Waals surface area contributed by atoms with Gasteiger partial charge in [0.25, 0.3) is 0 Å². The Hall–Kier alpha value is -1.81. The maximum absolute atomic E-state index is 11.1. The van der Waals surface area contributed by atoms with Gasteiger partial charge in [0.05, 0.1) is 6.61 Å². The molecule has 1 aromatic carbocycles. The van der Waals surface area contributed by atoms with Gasteiger partial charge in [0.2, 0.25) is 12.2 Å². The number of carbonyl (C=O) groups excluding carboxylic acids is 1. The first-order valence-corrected chi connectivity index (χ1v) is 6.39. The standard InChI is InChI=1S/C15H19NO3/c1-4-13(17)16-9-12-7-10(2)15(11(3)8-12)19-14-5-6-18-14/h4,7-8,14H,1,5-6,9H2,2-3H3,(H,16,17). The van der Waals surface area contributed by atoms with E-state index in [1.54, 1.807) is 0 Å². The van der Waals surface area contributed by atoms with Gasteiger partial charge in [-0.25, -0.2) is 0 Å². The summed E-state index contributed by atoms with van der Waals surface area (Å²) in [6, 6.07) is 4.04. The predicted molar refractivity (Wildman–Crippen MR) is 72.9 cm³/mol. The van der Waals surface area contributed by atoms with Crippen molar-refractivity contribution in [1.82, 2.24) is 5.32 Å². The lowest BCUT2D eigenvalue weighted by Gasteiger charge is -2.28. The molecule has 19 heavy (non-hydrogen) atoms. The van der Waals surface area contributed by atoms with Crippen molar-refractivity contribution >= 4 is 5.91 Å². The number of benzene rings is 1. The van der Waals surface area contributed by atoms with Crippen LogP contribution in [0.3, 0.4) is 0 Å². The third-order valence-corrected chi connectivity index (χ3v) is 3.08. The molecule has 4 nitrogen and oxygen atoms in total. The fraction of sp³-hybridized carbons (Fsp3) is 0.400. The molecule has 0 radical (unpaired) electrons. The average molecular weight is 261 g/mol. The molecule has 1 amide bonds. The van der Waals surface area contributed by atoms with Crippen LogP contribution in [-0.4, -0.2) is 18.8 Å². The number of hydrogen-bond acceptors (Lipinski definition) is 3. The van der Waals surface area contributed by atoms with Crippen LogP contribution in [0.15, 0.2) is 24.8 Å². The van der Waals surface area contributed by atoms with Crippen molar-refractivity contribution in [2.75, 3.05) is 6.61 Å². The fourth-order valence-corrected chi connectivity index (χ4v) is 2.03. The maximum atomic E-state index is 11.1. The summed E-state index contributed by atoms with van der Waals surface area (Å²) >= 11 is 0. The monoisotopic (exact) mass is 261 g/mol. The molecule has 1 aliphatic rings. The van der Waals surface area contributed by atoms with Crippen LogP contribution in [0.4, 0.5) is 0 Å². The average Bonchev–Trinajstić information content (AvgIpc) is 2.32. The van der Waals surface area contributed by atoms with E-state index in [1.165, 1.54) is 6.08 Å². The lowest BCUT2D eigenvalue weighted by molar-refractivity contribution is -0.165. The van der Waals surface area contributed by atoms with Crippen LogP contribution in [0.2, 0.25) is 0 Å². The van der Waals surface area contributed by atoms with Gasteiger partial charge >= 0.3 is 0 Å². The highest BCUT2D eigenvalue weighted by Gasteiger charge is 2.21. The van der Waals surface area contributed by atoms with E-state index in [0.717, 1.165) is 35.5 Å². The summed E-state index contributed by atoms with van der Waals surface area (Å²) in [5.74, 6) is 0.710. The second kappa shape index (κ2) is 5.89. The van der Waals surface area contributed by atoms with E-state index in [-0.39, 0.29) is 12.2 Å². The van der Waals surface area contributed by atoms with Crippen LogP contribution < -0.4 is 10.1 Å². The Morgan fingerprint density at radius 2 is 2.16 bits per heavy atom. The van der Waals surface area contributed by atoms with Crippen molar-refractivity contribution in [2.24, 2.45) is 0 Å². The van der Waals surface area contributed by atoms with Crippen LogP contribution in [0.1, 0.15) is 23.1 Å². The lowest BCUT2D eigenvalue weighted by atomic mass is 10.1. The van der Waals surface area contributed by atoms with Gasteiger partial charge in [0.1, 0.15) is 5.75 Å². The molecule has 4 heteroatoms. The van der Waals surface area contributed by atoms with Crippen LogP contribution in [-0.2, 0) is 16.1 Å². The lowest BCUT2D eigenvalue weighted by Crippen LogP contribution is -2.32. The zero-order valence-electron chi connectivity index (χ0n) is 11.4. The molecule has 1 N–H and O–H groups in total. The molecule has 0 saturated carbocycles. The molecule has 102 valence electrons. The van der Waals surface area contributed by atoms with E-state index >= 15 is 0 Å². The quantitative estimate of drug-likeness (QED) is 0.827. The molecular weight excluding hydrogens is 242 g/mol. The predicted octanol–water partition coefficient (Wildman–Crippen LogP) is 2.23. The minimum Gasteiger partial charge on any atom is -0.464 e. The molecule has 0 aliphatic carbocycles. The van der Waals surface area contributed by atoms with E-state index in [9.17, 15) is 4.79 Å². The molecule has 1 saturated heterocycles. The molecule has 1 aliphatic heterocycles. The third-order valence-electron chi connectivity index (χ3n) is 3.08. The van der Waals surface area contributed by atoms with Gasteiger partial charge in [-0.1, -0.05) is 18.7 Å². The molecule has 1 heterocycles. The smallest absolute Gasteiger partial charge is 0.243 e. The number of ether oxygens (including phenoxy) is 2. The molecule has 1 unspecified atom stereocenters. The summed E-state index contributed by atoms with van der Waals surface area (Å²) in [5.41, 5.74) is 3.16. The van der Waals surface area contributed by atoms with Gasteiger partial charge in [0, 0.05) is 13.0 Å². The highest BCUT2D eigenvalue weighted by molar-refractivity contribution is 5.86. The number of carbonyl (C=O) groups is 1. The summed E-state index contributed by atoms with van der Waals surface area (Å²) in [7, 11) is 0. The second-order valence-corrected chi connectivity index (χ2v) is 4.69. The number of nitrogens with one attached hydrogen (secondary N) is 1. The van der Waals surface area contributed by atoms with Crippen molar-refractivity contribution in [2.45, 2.75) is 33.1 Å². The molecular formula is C15H19NO3. The largest absolute Gasteiger partial charge is 0.464 e. The van der Waals surface area contributed by atoms with Crippen LogP contribution >= 0.6 is 0 Å². The Labute approximate surface area is 113 Å².